The third-order valence-electron chi connectivity index (χ3n) is 4.69. The largest absolute Gasteiger partial charge is 0.380 e. The number of H-pyrrole nitrogens is 1. The molecule has 2 aromatic carbocycles. The Balaban J connectivity index is 1.46. The van der Waals surface area contributed by atoms with E-state index in [1.54, 1.807) is 18.3 Å². The van der Waals surface area contributed by atoms with Gasteiger partial charge in [0, 0.05) is 35.8 Å². The van der Waals surface area contributed by atoms with Crippen molar-refractivity contribution in [3.8, 4) is 0 Å². The first kappa shape index (κ1) is 15.6. The normalized spacial score (nSPS) is 17.2. The zero-order chi connectivity index (χ0) is 17.4. The number of nitrogens with one attached hydrogen (secondary N) is 2. The summed E-state index contributed by atoms with van der Waals surface area (Å²) in [6.45, 7) is 2.95. The Morgan fingerprint density at radius 1 is 1.32 bits per heavy atom. The molecule has 5 nitrogen and oxygen atoms in total. The van der Waals surface area contributed by atoms with Crippen LogP contribution in [0.15, 0.2) is 42.6 Å². The molecular formula is C19H19FN4O. The number of aromatic amines is 1. The van der Waals surface area contributed by atoms with E-state index < -0.39 is 0 Å². The third-order valence-corrected chi connectivity index (χ3v) is 4.69. The number of anilines is 2. The topological polar surface area (TPSA) is 61.0 Å². The molecule has 128 valence electrons. The number of ketones is 1. The second-order valence-corrected chi connectivity index (χ2v) is 6.47. The molecule has 1 aliphatic rings. The quantitative estimate of drug-likeness (QED) is 0.714. The number of rotatable bonds is 4. The van der Waals surface area contributed by atoms with Crippen molar-refractivity contribution in [2.45, 2.75) is 19.4 Å². The molecule has 0 bridgehead atoms. The number of aromatic nitrogens is 2. The Labute approximate surface area is 144 Å². The van der Waals surface area contributed by atoms with Crippen LogP contribution >= 0.6 is 0 Å². The van der Waals surface area contributed by atoms with Crippen molar-refractivity contribution in [1.82, 2.24) is 10.2 Å². The van der Waals surface area contributed by atoms with Gasteiger partial charge in [0.25, 0.3) is 0 Å². The monoisotopic (exact) mass is 338 g/mol. The molecule has 1 atom stereocenters. The highest BCUT2D eigenvalue weighted by molar-refractivity contribution is 5.94. The summed E-state index contributed by atoms with van der Waals surface area (Å²) < 4.78 is 14.3. The summed E-state index contributed by atoms with van der Waals surface area (Å²) in [6, 6.07) is 11.0. The lowest BCUT2D eigenvalue weighted by Crippen LogP contribution is -2.26. The van der Waals surface area contributed by atoms with Crippen LogP contribution in [0.3, 0.4) is 0 Å². The van der Waals surface area contributed by atoms with Gasteiger partial charge in [-0.25, -0.2) is 4.39 Å². The molecule has 2 N–H and O–H groups in total. The third kappa shape index (κ3) is 3.07. The van der Waals surface area contributed by atoms with Gasteiger partial charge >= 0.3 is 0 Å². The average Bonchev–Trinajstić information content (AvgIpc) is 3.23. The number of carbonyl (C=O) groups excluding carboxylic acids is 1. The van der Waals surface area contributed by atoms with E-state index in [0.29, 0.717) is 11.3 Å². The molecule has 4 rings (SSSR count). The van der Waals surface area contributed by atoms with E-state index in [-0.39, 0.29) is 17.6 Å². The smallest absolute Gasteiger partial charge is 0.159 e. The van der Waals surface area contributed by atoms with E-state index in [4.69, 9.17) is 0 Å². The maximum atomic E-state index is 14.3. The average molecular weight is 338 g/mol. The van der Waals surface area contributed by atoms with Crippen molar-refractivity contribution >= 4 is 28.1 Å². The van der Waals surface area contributed by atoms with Crippen molar-refractivity contribution in [2.24, 2.45) is 0 Å². The maximum Gasteiger partial charge on any atom is 0.159 e. The molecule has 1 aliphatic heterocycles. The molecule has 0 aliphatic carbocycles. The van der Waals surface area contributed by atoms with Gasteiger partial charge in [0.2, 0.25) is 0 Å². The summed E-state index contributed by atoms with van der Waals surface area (Å²) in [4.78, 5) is 13.4. The van der Waals surface area contributed by atoms with Crippen LogP contribution in [0.4, 0.5) is 15.8 Å². The predicted molar refractivity (Wildman–Crippen MR) is 96.7 cm³/mol. The first-order chi connectivity index (χ1) is 12.1. The van der Waals surface area contributed by atoms with Crippen molar-refractivity contribution in [3.05, 3.63) is 54.0 Å². The zero-order valence-corrected chi connectivity index (χ0v) is 13.9. The number of Topliss-reactive ketones (excluding diaryl/α,β-unsaturated/α-hetero) is 1. The minimum Gasteiger partial charge on any atom is -0.380 e. The summed E-state index contributed by atoms with van der Waals surface area (Å²) in [5.74, 6) is -0.464. The first-order valence-corrected chi connectivity index (χ1v) is 8.35. The van der Waals surface area contributed by atoms with Crippen LogP contribution in [-0.4, -0.2) is 35.1 Å². The number of benzene rings is 2. The van der Waals surface area contributed by atoms with Crippen LogP contribution in [0.2, 0.25) is 0 Å². The van der Waals surface area contributed by atoms with Crippen molar-refractivity contribution in [3.63, 3.8) is 0 Å². The van der Waals surface area contributed by atoms with Gasteiger partial charge in [0.15, 0.2) is 5.78 Å². The minimum atomic E-state index is -0.340. The Kier molecular flexibility index (Phi) is 3.87. The van der Waals surface area contributed by atoms with Crippen molar-refractivity contribution in [1.29, 1.82) is 0 Å². The summed E-state index contributed by atoms with van der Waals surface area (Å²) in [7, 11) is 0. The van der Waals surface area contributed by atoms with E-state index in [0.717, 1.165) is 36.1 Å². The van der Waals surface area contributed by atoms with Gasteiger partial charge in [-0.1, -0.05) is 0 Å². The molecule has 1 fully saturated rings. The van der Waals surface area contributed by atoms with Gasteiger partial charge in [-0.2, -0.15) is 5.10 Å². The highest BCUT2D eigenvalue weighted by Crippen LogP contribution is 2.27. The Bertz CT molecular complexity index is 936. The van der Waals surface area contributed by atoms with Gasteiger partial charge in [-0.3, -0.25) is 9.89 Å². The lowest BCUT2D eigenvalue weighted by molar-refractivity contribution is 0.101. The molecule has 0 radical (unpaired) electrons. The van der Waals surface area contributed by atoms with E-state index >= 15 is 0 Å². The van der Waals surface area contributed by atoms with Gasteiger partial charge in [0.1, 0.15) is 5.82 Å². The molecule has 2 heterocycles. The highest BCUT2D eigenvalue weighted by Gasteiger charge is 2.24. The molecule has 0 amide bonds. The summed E-state index contributed by atoms with van der Waals surface area (Å²) in [5, 5.41) is 11.5. The Morgan fingerprint density at radius 3 is 3.00 bits per heavy atom. The number of nitrogens with zero attached hydrogens (tertiary/aromatic N) is 2. The van der Waals surface area contributed by atoms with Gasteiger partial charge < -0.3 is 10.2 Å². The number of hydrogen-bond donors (Lipinski definition) is 2. The van der Waals surface area contributed by atoms with Crippen molar-refractivity contribution in [2.75, 3.05) is 23.3 Å². The predicted octanol–water partition coefficient (Wildman–Crippen LogP) is 3.60. The summed E-state index contributed by atoms with van der Waals surface area (Å²) in [6.07, 6.45) is 2.73. The molecule has 6 heteroatoms. The molecule has 0 spiro atoms. The molecule has 25 heavy (non-hydrogen) atoms. The summed E-state index contributed by atoms with van der Waals surface area (Å²) >= 11 is 0. The Morgan fingerprint density at radius 2 is 2.20 bits per heavy atom. The van der Waals surface area contributed by atoms with Crippen LogP contribution < -0.4 is 10.2 Å². The number of hydrogen-bond acceptors (Lipinski definition) is 4. The van der Waals surface area contributed by atoms with Crippen LogP contribution in [0, 0.1) is 5.82 Å². The van der Waals surface area contributed by atoms with E-state index in [2.05, 4.69) is 21.6 Å². The first-order valence-electron chi connectivity index (χ1n) is 8.35. The second-order valence-electron chi connectivity index (χ2n) is 6.47. The SMILES string of the molecule is CC(=O)c1ccc(N2CCC(Nc3ccc4[nH]ncc4c3)C2)c(F)c1. The lowest BCUT2D eigenvalue weighted by Gasteiger charge is -2.20. The van der Waals surface area contributed by atoms with Crippen LogP contribution in [-0.2, 0) is 0 Å². The van der Waals surface area contributed by atoms with E-state index in [9.17, 15) is 9.18 Å². The van der Waals surface area contributed by atoms with Crippen LogP contribution in [0.1, 0.15) is 23.7 Å². The maximum absolute atomic E-state index is 14.3. The fourth-order valence-corrected chi connectivity index (χ4v) is 3.35. The van der Waals surface area contributed by atoms with Crippen LogP contribution in [0.5, 0.6) is 0 Å². The highest BCUT2D eigenvalue weighted by atomic mass is 19.1. The standard InChI is InChI=1S/C19H19FN4O/c1-12(25)13-2-5-19(17(20)9-13)24-7-6-16(11-24)22-15-3-4-18-14(8-15)10-21-23-18/h2-5,8-10,16,22H,6-7,11H2,1H3,(H,21,23). The molecule has 1 saturated heterocycles. The zero-order valence-electron chi connectivity index (χ0n) is 13.9. The molecule has 0 saturated carbocycles. The number of fused-ring (bicyclic) bond motifs is 1. The molecular weight excluding hydrogens is 319 g/mol. The fraction of sp³-hybridized carbons (Fsp3) is 0.263. The number of carbonyl (C=O) groups is 1. The second kappa shape index (κ2) is 6.20. The molecule has 1 aromatic heterocycles. The number of halogens is 1. The molecule has 3 aromatic rings. The van der Waals surface area contributed by atoms with Gasteiger partial charge in [-0.15, -0.1) is 0 Å². The summed E-state index contributed by atoms with van der Waals surface area (Å²) in [5.41, 5.74) is 3.00. The van der Waals surface area contributed by atoms with E-state index in [1.165, 1.54) is 13.0 Å². The molecule has 1 unspecified atom stereocenters. The van der Waals surface area contributed by atoms with Gasteiger partial charge in [-0.05, 0) is 49.7 Å². The van der Waals surface area contributed by atoms with Crippen LogP contribution in [0.25, 0.3) is 10.9 Å². The lowest BCUT2D eigenvalue weighted by atomic mass is 10.1. The Hall–Kier alpha value is -2.89. The minimum absolute atomic E-state index is 0.124. The van der Waals surface area contributed by atoms with Gasteiger partial charge in [0.05, 0.1) is 17.4 Å². The van der Waals surface area contributed by atoms with E-state index in [1.807, 2.05) is 17.0 Å². The fourth-order valence-electron chi connectivity index (χ4n) is 3.35. The van der Waals surface area contributed by atoms with Crippen molar-refractivity contribution < 1.29 is 9.18 Å².